The summed E-state index contributed by atoms with van der Waals surface area (Å²) >= 11 is 17.0. The van der Waals surface area contributed by atoms with Crippen molar-refractivity contribution >= 4 is 51.0 Å². The second-order valence-electron chi connectivity index (χ2n) is 7.82. The minimum Gasteiger partial charge on any atom is -0.478 e. The molecule has 2 N–H and O–H groups in total. The molecule has 4 aromatic rings. The number of H-pyrrole nitrogens is 1. The molecular weight excluding hydrogens is 561 g/mol. The van der Waals surface area contributed by atoms with Crippen LogP contribution in [-0.4, -0.2) is 51.9 Å². The van der Waals surface area contributed by atoms with Crippen molar-refractivity contribution in [2.24, 2.45) is 0 Å². The van der Waals surface area contributed by atoms with Crippen LogP contribution in [0.5, 0.6) is 0 Å². The summed E-state index contributed by atoms with van der Waals surface area (Å²) in [4.78, 5) is 14.7. The van der Waals surface area contributed by atoms with Gasteiger partial charge in [-0.3, -0.25) is 0 Å². The molecule has 1 atom stereocenters. The number of hydrogen-bond donors (Lipinski definition) is 2. The van der Waals surface area contributed by atoms with Crippen molar-refractivity contribution in [1.82, 2.24) is 40.8 Å². The number of aromatic amines is 1. The van der Waals surface area contributed by atoms with Crippen molar-refractivity contribution in [3.05, 3.63) is 85.2 Å². The molecule has 0 fully saturated rings. The summed E-state index contributed by atoms with van der Waals surface area (Å²) in [5.74, 6) is -0.489. The topological polar surface area (TPSA) is 139 Å². The Morgan fingerprint density at radius 3 is 2.51 bits per heavy atom. The Bertz CT molecular complexity index is 1440. The van der Waals surface area contributed by atoms with Gasteiger partial charge in [0, 0.05) is 32.2 Å². The third-order valence-corrected chi connectivity index (χ3v) is 7.33. The molecule has 0 aliphatic carbocycles. The number of carboxylic acids is 1. The number of rotatable bonds is 6. The summed E-state index contributed by atoms with van der Waals surface area (Å²) in [6.07, 6.45) is 0.145. The van der Waals surface area contributed by atoms with Crippen LogP contribution >= 0.6 is 39.1 Å². The van der Waals surface area contributed by atoms with Crippen LogP contribution in [-0.2, 0) is 23.3 Å². The number of carboxylic acid groups (broad SMARTS) is 1. The van der Waals surface area contributed by atoms with E-state index in [9.17, 15) is 9.90 Å². The first-order chi connectivity index (χ1) is 16.8. The summed E-state index contributed by atoms with van der Waals surface area (Å²) < 4.78 is 2.24. The molecule has 0 radical (unpaired) electrons. The number of tetrazole rings is 2. The number of nitrogens with one attached hydrogen (secondary N) is 1. The molecule has 178 valence electrons. The number of anilines is 1. The maximum Gasteiger partial charge on any atom is 0.336 e. The van der Waals surface area contributed by atoms with Gasteiger partial charge in [-0.2, -0.15) is 4.68 Å². The molecule has 1 aliphatic heterocycles. The SMILES string of the molecule is CC1=C(C(=O)O)C(Cc2ccccc2Br)(c2c(Cl)cccc2Cl)n2nnnc2N1Cc1nnn[nH]1. The summed E-state index contributed by atoms with van der Waals surface area (Å²) in [7, 11) is 0. The van der Waals surface area contributed by atoms with E-state index in [4.69, 9.17) is 23.2 Å². The van der Waals surface area contributed by atoms with Crippen molar-refractivity contribution in [2.75, 3.05) is 4.90 Å². The predicted octanol–water partition coefficient (Wildman–Crippen LogP) is 3.62. The Kier molecular flexibility index (Phi) is 6.03. The minimum absolute atomic E-state index is 0.00975. The highest BCUT2D eigenvalue weighted by Gasteiger charge is 2.52. The van der Waals surface area contributed by atoms with Gasteiger partial charge >= 0.3 is 5.97 Å². The standard InChI is InChI=1S/C21H16BrCl2N9O2/c1-11-17(19(34)35)21(9-12-5-2-3-6-13(12)22,18-14(23)7-4-8-15(18)24)33-20(27-30-31-33)32(11)10-16-25-28-29-26-16/h2-8H,9-10H2,1H3,(H,34,35)(H,25,26,28,29). The molecule has 0 saturated carbocycles. The predicted molar refractivity (Wildman–Crippen MR) is 130 cm³/mol. The van der Waals surface area contributed by atoms with Gasteiger partial charge in [-0.1, -0.05) is 68.5 Å². The average Bonchev–Trinajstić information content (AvgIpc) is 3.50. The lowest BCUT2D eigenvalue weighted by Crippen LogP contribution is -2.50. The molecule has 1 unspecified atom stereocenters. The highest BCUT2D eigenvalue weighted by atomic mass is 79.9. The zero-order valence-electron chi connectivity index (χ0n) is 18.0. The molecule has 0 amide bonds. The van der Waals surface area contributed by atoms with Crippen molar-refractivity contribution in [3.63, 3.8) is 0 Å². The van der Waals surface area contributed by atoms with E-state index in [1.807, 2.05) is 24.3 Å². The number of carbonyl (C=O) groups is 1. The van der Waals surface area contributed by atoms with Crippen LogP contribution in [0.1, 0.15) is 23.9 Å². The van der Waals surface area contributed by atoms with Crippen LogP contribution in [0.25, 0.3) is 0 Å². The quantitative estimate of drug-likeness (QED) is 0.352. The molecule has 3 heterocycles. The third-order valence-electron chi connectivity index (χ3n) is 5.93. The molecule has 14 heteroatoms. The molecule has 0 saturated heterocycles. The summed E-state index contributed by atoms with van der Waals surface area (Å²) in [5.41, 5.74) is 0.106. The van der Waals surface area contributed by atoms with E-state index in [0.29, 0.717) is 17.1 Å². The highest BCUT2D eigenvalue weighted by Crippen LogP contribution is 2.50. The fourth-order valence-electron chi connectivity index (χ4n) is 4.50. The maximum absolute atomic E-state index is 13.0. The van der Waals surface area contributed by atoms with E-state index >= 15 is 0 Å². The van der Waals surface area contributed by atoms with Crippen LogP contribution in [0, 0.1) is 0 Å². The Labute approximate surface area is 216 Å². The van der Waals surface area contributed by atoms with Gasteiger partial charge in [0.25, 0.3) is 5.95 Å². The number of aliphatic carboxylic acids is 1. The molecule has 0 bridgehead atoms. The number of aromatic nitrogens is 8. The Morgan fingerprint density at radius 1 is 1.11 bits per heavy atom. The summed E-state index contributed by atoms with van der Waals surface area (Å²) in [6, 6.07) is 12.5. The monoisotopic (exact) mass is 575 g/mol. The van der Waals surface area contributed by atoms with Crippen molar-refractivity contribution in [1.29, 1.82) is 0 Å². The summed E-state index contributed by atoms with van der Waals surface area (Å²) in [5, 5.41) is 37.4. The lowest BCUT2D eigenvalue weighted by Gasteiger charge is -2.43. The molecule has 35 heavy (non-hydrogen) atoms. The van der Waals surface area contributed by atoms with Gasteiger partial charge < -0.3 is 10.0 Å². The van der Waals surface area contributed by atoms with E-state index in [0.717, 1.165) is 10.0 Å². The highest BCUT2D eigenvalue weighted by molar-refractivity contribution is 9.10. The van der Waals surface area contributed by atoms with Crippen molar-refractivity contribution in [2.45, 2.75) is 25.4 Å². The maximum atomic E-state index is 13.0. The number of fused-ring (bicyclic) bond motifs is 1. The lowest BCUT2D eigenvalue weighted by atomic mass is 9.75. The van der Waals surface area contributed by atoms with Crippen LogP contribution in [0.3, 0.4) is 0 Å². The van der Waals surface area contributed by atoms with E-state index in [-0.39, 0.29) is 34.5 Å². The number of hydrogen-bond acceptors (Lipinski definition) is 8. The third kappa shape index (κ3) is 3.77. The lowest BCUT2D eigenvalue weighted by molar-refractivity contribution is -0.133. The van der Waals surface area contributed by atoms with Crippen molar-refractivity contribution in [3.8, 4) is 0 Å². The second-order valence-corrected chi connectivity index (χ2v) is 9.48. The van der Waals surface area contributed by atoms with E-state index in [1.54, 1.807) is 30.0 Å². The van der Waals surface area contributed by atoms with Gasteiger partial charge in [0.05, 0.1) is 12.1 Å². The van der Waals surface area contributed by atoms with Gasteiger partial charge in [-0.05, 0) is 51.5 Å². The molecule has 0 spiro atoms. The zero-order valence-corrected chi connectivity index (χ0v) is 21.1. The average molecular weight is 577 g/mol. The number of halogens is 3. The van der Waals surface area contributed by atoms with E-state index in [2.05, 4.69) is 52.1 Å². The first-order valence-corrected chi connectivity index (χ1v) is 11.8. The van der Waals surface area contributed by atoms with Gasteiger partial charge in [-0.25, -0.2) is 9.89 Å². The Morgan fingerprint density at radius 2 is 1.86 bits per heavy atom. The van der Waals surface area contributed by atoms with Gasteiger partial charge in [0.2, 0.25) is 0 Å². The van der Waals surface area contributed by atoms with Crippen LogP contribution in [0.15, 0.2) is 58.2 Å². The number of nitrogens with zero attached hydrogens (tertiary/aromatic N) is 8. The largest absolute Gasteiger partial charge is 0.478 e. The molecule has 2 aromatic carbocycles. The smallest absolute Gasteiger partial charge is 0.336 e. The van der Waals surface area contributed by atoms with Gasteiger partial charge in [0.1, 0.15) is 5.54 Å². The summed E-state index contributed by atoms with van der Waals surface area (Å²) in [6.45, 7) is 1.79. The fraction of sp³-hybridized carbons (Fsp3) is 0.190. The van der Waals surface area contributed by atoms with Crippen LogP contribution in [0.4, 0.5) is 5.95 Å². The molecule has 5 rings (SSSR count). The normalized spacial score (nSPS) is 17.5. The van der Waals surface area contributed by atoms with Gasteiger partial charge in [-0.15, -0.1) is 5.10 Å². The minimum atomic E-state index is -1.48. The van der Waals surface area contributed by atoms with Crippen LogP contribution in [0.2, 0.25) is 10.0 Å². The van der Waals surface area contributed by atoms with E-state index < -0.39 is 11.5 Å². The molecule has 2 aromatic heterocycles. The molecule has 11 nitrogen and oxygen atoms in total. The van der Waals surface area contributed by atoms with Gasteiger partial charge in [0.15, 0.2) is 5.82 Å². The molecule has 1 aliphatic rings. The first-order valence-electron chi connectivity index (χ1n) is 10.3. The Hall–Kier alpha value is -3.35. The molecular formula is C21H16BrCl2N9O2. The number of benzene rings is 2. The second kappa shape index (κ2) is 9.02. The van der Waals surface area contributed by atoms with E-state index in [1.165, 1.54) is 4.68 Å². The Balaban J connectivity index is 1.86. The zero-order chi connectivity index (χ0) is 24.7. The fourth-order valence-corrected chi connectivity index (χ4v) is 5.63. The number of allylic oxidation sites excluding steroid dienone is 1. The first kappa shape index (κ1) is 23.4. The van der Waals surface area contributed by atoms with Crippen molar-refractivity contribution < 1.29 is 9.90 Å². The van der Waals surface area contributed by atoms with Crippen LogP contribution < -0.4 is 4.90 Å².